The maximum absolute atomic E-state index is 5.69. The molecule has 0 spiro atoms. The van der Waals surface area contributed by atoms with E-state index in [-0.39, 0.29) is 0 Å². The largest absolute Gasteiger partial charge is 0.411 e. The zero-order chi connectivity index (χ0) is 16.4. The van der Waals surface area contributed by atoms with Crippen molar-refractivity contribution in [1.29, 1.82) is 0 Å². The van der Waals surface area contributed by atoms with Gasteiger partial charge in [0.05, 0.1) is 10.6 Å². The summed E-state index contributed by atoms with van der Waals surface area (Å²) in [5, 5.41) is 14.8. The summed E-state index contributed by atoms with van der Waals surface area (Å²) in [4.78, 5) is 1.07. The van der Waals surface area contributed by atoms with Gasteiger partial charge in [0.1, 0.15) is 0 Å². The van der Waals surface area contributed by atoms with Gasteiger partial charge in [-0.3, -0.25) is 0 Å². The quantitative estimate of drug-likeness (QED) is 0.467. The lowest BCUT2D eigenvalue weighted by atomic mass is 10.1. The molecule has 0 unspecified atom stereocenters. The highest BCUT2D eigenvalue weighted by atomic mass is 32.2. The van der Waals surface area contributed by atoms with E-state index in [2.05, 4.69) is 15.4 Å². The smallest absolute Gasteiger partial charge is 0.277 e. The van der Waals surface area contributed by atoms with E-state index in [1.807, 2.05) is 54.8 Å². The average molecular weight is 355 g/mol. The first-order chi connectivity index (χ1) is 11.8. The summed E-state index contributed by atoms with van der Waals surface area (Å²) in [7, 11) is 0. The minimum atomic E-state index is 0.520. The second-order valence-electron chi connectivity index (χ2n) is 5.19. The van der Waals surface area contributed by atoms with Crippen LogP contribution in [0, 0.1) is 6.92 Å². The zero-order valence-corrected chi connectivity index (χ0v) is 14.4. The Kier molecular flexibility index (Phi) is 4.18. The first-order valence-corrected chi connectivity index (χ1v) is 9.17. The molecular formula is C17H13N3O2S2. The molecule has 0 fully saturated rings. The van der Waals surface area contributed by atoms with Gasteiger partial charge in [0.2, 0.25) is 5.89 Å². The van der Waals surface area contributed by atoms with Crippen molar-refractivity contribution in [3.8, 4) is 22.1 Å². The molecule has 0 aliphatic heterocycles. The van der Waals surface area contributed by atoms with Crippen LogP contribution in [0.5, 0.6) is 0 Å². The van der Waals surface area contributed by atoms with Gasteiger partial charge in [-0.05, 0) is 30.5 Å². The highest BCUT2D eigenvalue weighted by molar-refractivity contribution is 7.98. The van der Waals surface area contributed by atoms with Crippen molar-refractivity contribution in [2.45, 2.75) is 17.9 Å². The molecule has 0 saturated heterocycles. The fourth-order valence-electron chi connectivity index (χ4n) is 2.13. The van der Waals surface area contributed by atoms with E-state index >= 15 is 0 Å². The van der Waals surface area contributed by atoms with Crippen molar-refractivity contribution in [3.63, 3.8) is 0 Å². The van der Waals surface area contributed by atoms with Gasteiger partial charge in [0, 0.05) is 17.4 Å². The Morgan fingerprint density at radius 3 is 2.79 bits per heavy atom. The molecule has 0 atom stereocenters. The van der Waals surface area contributed by atoms with Gasteiger partial charge < -0.3 is 8.94 Å². The van der Waals surface area contributed by atoms with Crippen LogP contribution >= 0.6 is 23.1 Å². The van der Waals surface area contributed by atoms with E-state index < -0.39 is 0 Å². The predicted octanol–water partition coefficient (Wildman–Crippen LogP) is 5.05. The molecule has 0 aliphatic carbocycles. The Labute approximate surface area is 146 Å². The Balaban J connectivity index is 1.42. The lowest BCUT2D eigenvalue weighted by Crippen LogP contribution is -1.79. The van der Waals surface area contributed by atoms with Crippen molar-refractivity contribution in [2.24, 2.45) is 0 Å². The molecule has 4 aromatic rings. The summed E-state index contributed by atoms with van der Waals surface area (Å²) in [6.07, 6.45) is 0. The predicted molar refractivity (Wildman–Crippen MR) is 93.8 cm³/mol. The molecule has 1 aromatic carbocycles. The monoisotopic (exact) mass is 355 g/mol. The number of hydrogen-bond donors (Lipinski definition) is 0. The van der Waals surface area contributed by atoms with E-state index in [1.54, 1.807) is 11.3 Å². The molecule has 0 radical (unpaired) electrons. The standard InChI is InChI=1S/C17H13N3O2S2/c1-11-4-6-12(7-5-11)16-18-19-17(21-16)24-10-13-9-14(22-20-13)15-3-2-8-23-15/h2-9H,10H2,1H3. The maximum atomic E-state index is 5.69. The number of hydrogen-bond acceptors (Lipinski definition) is 7. The lowest BCUT2D eigenvalue weighted by Gasteiger charge is -1.95. The summed E-state index contributed by atoms with van der Waals surface area (Å²) in [6.45, 7) is 2.04. The highest BCUT2D eigenvalue weighted by Crippen LogP contribution is 2.29. The van der Waals surface area contributed by atoms with Crippen LogP contribution in [-0.4, -0.2) is 15.4 Å². The second kappa shape index (κ2) is 6.62. The third kappa shape index (κ3) is 3.27. The Bertz CT molecular complexity index is 927. The zero-order valence-electron chi connectivity index (χ0n) is 12.8. The number of thiophene rings is 1. The molecule has 0 aliphatic rings. The molecule has 0 N–H and O–H groups in total. The molecule has 7 heteroatoms. The van der Waals surface area contributed by atoms with Crippen LogP contribution in [0.15, 0.2) is 62.0 Å². The molecule has 3 aromatic heterocycles. The average Bonchev–Trinajstić information content (AvgIpc) is 3.34. The molecule has 3 heterocycles. The van der Waals surface area contributed by atoms with E-state index in [1.165, 1.54) is 17.3 Å². The van der Waals surface area contributed by atoms with Gasteiger partial charge in [-0.1, -0.05) is 40.7 Å². The van der Waals surface area contributed by atoms with Crippen molar-refractivity contribution in [3.05, 3.63) is 59.1 Å². The molecular weight excluding hydrogens is 342 g/mol. The topological polar surface area (TPSA) is 65.0 Å². The number of aromatic nitrogens is 3. The number of benzene rings is 1. The third-order valence-electron chi connectivity index (χ3n) is 3.37. The fraction of sp³-hybridized carbons (Fsp3) is 0.118. The van der Waals surface area contributed by atoms with Crippen molar-refractivity contribution >= 4 is 23.1 Å². The Morgan fingerprint density at radius 2 is 2.00 bits per heavy atom. The summed E-state index contributed by atoms with van der Waals surface area (Å²) < 4.78 is 11.1. The summed E-state index contributed by atoms with van der Waals surface area (Å²) >= 11 is 3.07. The van der Waals surface area contributed by atoms with Crippen molar-refractivity contribution < 1.29 is 8.94 Å². The number of nitrogens with zero attached hydrogens (tertiary/aromatic N) is 3. The molecule has 0 bridgehead atoms. The Hall–Kier alpha value is -2.38. The third-order valence-corrected chi connectivity index (χ3v) is 5.11. The minimum Gasteiger partial charge on any atom is -0.411 e. The van der Waals surface area contributed by atoms with Crippen LogP contribution in [0.25, 0.3) is 22.1 Å². The van der Waals surface area contributed by atoms with Gasteiger partial charge in [-0.25, -0.2) is 0 Å². The molecule has 5 nitrogen and oxygen atoms in total. The molecule has 0 saturated carbocycles. The summed E-state index contributed by atoms with van der Waals surface area (Å²) in [5.41, 5.74) is 2.96. The fourth-order valence-corrected chi connectivity index (χ4v) is 3.45. The van der Waals surface area contributed by atoms with Gasteiger partial charge in [-0.2, -0.15) is 0 Å². The van der Waals surface area contributed by atoms with Crippen molar-refractivity contribution in [1.82, 2.24) is 15.4 Å². The van der Waals surface area contributed by atoms with Crippen LogP contribution in [0.2, 0.25) is 0 Å². The number of aryl methyl sites for hydroxylation is 1. The summed E-state index contributed by atoms with van der Waals surface area (Å²) in [6, 6.07) is 13.9. The maximum Gasteiger partial charge on any atom is 0.277 e. The van der Waals surface area contributed by atoms with E-state index in [9.17, 15) is 0 Å². The minimum absolute atomic E-state index is 0.520. The first kappa shape index (κ1) is 15.2. The van der Waals surface area contributed by atoms with Crippen LogP contribution < -0.4 is 0 Å². The van der Waals surface area contributed by atoms with Crippen LogP contribution in [0.4, 0.5) is 0 Å². The SMILES string of the molecule is Cc1ccc(-c2nnc(SCc3cc(-c4cccs4)on3)o2)cc1. The highest BCUT2D eigenvalue weighted by Gasteiger charge is 2.12. The van der Waals surface area contributed by atoms with E-state index in [0.29, 0.717) is 16.9 Å². The molecule has 4 rings (SSSR count). The second-order valence-corrected chi connectivity index (χ2v) is 7.06. The van der Waals surface area contributed by atoms with Crippen LogP contribution in [-0.2, 0) is 5.75 Å². The van der Waals surface area contributed by atoms with Crippen LogP contribution in [0.1, 0.15) is 11.3 Å². The van der Waals surface area contributed by atoms with Crippen molar-refractivity contribution in [2.75, 3.05) is 0 Å². The number of rotatable bonds is 5. The molecule has 24 heavy (non-hydrogen) atoms. The molecule has 120 valence electrons. The van der Waals surface area contributed by atoms with E-state index in [0.717, 1.165) is 21.9 Å². The van der Waals surface area contributed by atoms with Crippen LogP contribution in [0.3, 0.4) is 0 Å². The lowest BCUT2D eigenvalue weighted by molar-refractivity contribution is 0.427. The Morgan fingerprint density at radius 1 is 1.12 bits per heavy atom. The van der Waals surface area contributed by atoms with Gasteiger partial charge >= 0.3 is 0 Å². The van der Waals surface area contributed by atoms with E-state index in [4.69, 9.17) is 8.94 Å². The van der Waals surface area contributed by atoms with Gasteiger partial charge in [0.15, 0.2) is 5.76 Å². The number of thioether (sulfide) groups is 1. The summed E-state index contributed by atoms with van der Waals surface area (Å²) in [5.74, 6) is 1.92. The van der Waals surface area contributed by atoms with Gasteiger partial charge in [-0.15, -0.1) is 21.5 Å². The normalized spacial score (nSPS) is 11.0. The van der Waals surface area contributed by atoms with Gasteiger partial charge in [0.25, 0.3) is 5.22 Å². The molecule has 0 amide bonds. The first-order valence-electron chi connectivity index (χ1n) is 7.31.